The molecule has 13 nitrogen and oxygen atoms in total. The van der Waals surface area contributed by atoms with Crippen molar-refractivity contribution in [3.05, 3.63) is 81.6 Å². The highest BCUT2D eigenvalue weighted by Gasteiger charge is 2.36. The van der Waals surface area contributed by atoms with E-state index in [0.29, 0.717) is 45.7 Å². The summed E-state index contributed by atoms with van der Waals surface area (Å²) in [6.45, 7) is 4.39. The van der Waals surface area contributed by atoms with Crippen LogP contribution < -0.4 is 32.0 Å². The van der Waals surface area contributed by atoms with Gasteiger partial charge in [-0.25, -0.2) is 4.39 Å². The molecule has 0 spiro atoms. The monoisotopic (exact) mass is 888 g/mol. The minimum absolute atomic E-state index is 0.00796. The number of nitrogens with one attached hydrogen (secondary N) is 1. The van der Waals surface area contributed by atoms with Crippen molar-refractivity contribution in [2.75, 3.05) is 39.9 Å². The summed E-state index contributed by atoms with van der Waals surface area (Å²) in [6, 6.07) is 12.9. The lowest BCUT2D eigenvalue weighted by molar-refractivity contribution is -0.142. The van der Waals surface area contributed by atoms with Crippen LogP contribution in [0.3, 0.4) is 0 Å². The number of carbonyl (C=O) groups excluding carboxylic acids is 5. The minimum Gasteiger partial charge on any atom is -0.492 e. The molecule has 2 amide bonds. The van der Waals surface area contributed by atoms with Gasteiger partial charge in [0.1, 0.15) is 36.6 Å². The molecule has 0 aliphatic carbocycles. The summed E-state index contributed by atoms with van der Waals surface area (Å²) in [5.41, 5.74) is 20.0. The largest absolute Gasteiger partial charge is 0.492 e. The summed E-state index contributed by atoms with van der Waals surface area (Å²) in [5.74, 6) is -4.69. The molecule has 0 unspecified atom stereocenters. The third-order valence-electron chi connectivity index (χ3n) is 11.3. The van der Waals surface area contributed by atoms with Crippen molar-refractivity contribution in [2.45, 2.75) is 103 Å². The number of nitrogens with two attached hydrogens (primary N) is 3. The molecule has 0 fully saturated rings. The maximum atomic E-state index is 15.6. The van der Waals surface area contributed by atoms with E-state index in [0.717, 1.165) is 32.1 Å². The number of ketones is 3. The molecule has 1 heterocycles. The summed E-state index contributed by atoms with van der Waals surface area (Å²) >= 11 is 6.54. The standard InChI is InChI=1S/C48H62ClFN6O7/c1-4-5-6-7-8-10-31-25-37(49)45(38(50)26-31)41(58)29-34(16-18-52)48(61)56(3)46-33-13-15-44(63-22-20-54)36(28-33)35-24-32(12-14-43(35)62-21-19-53)27-39(40(57)11-9-17-51)55-47(60)30(2)23-42(46)59/h12-15,24-26,28,30,34,39,46H,4-11,16,18-23,27,29,52-54H2,1-3H3,(H,55,60)/t30-,34-,39+,46+/m1/s1. The quantitative estimate of drug-likeness (QED) is 0.0623. The van der Waals surface area contributed by atoms with Gasteiger partial charge in [0.2, 0.25) is 11.8 Å². The number of Topliss-reactive ketones (excluding diaryl/α,β-unsaturated/α-hetero) is 3. The van der Waals surface area contributed by atoms with Crippen LogP contribution in [0.5, 0.6) is 11.5 Å². The molecular formula is C48H62ClFN6O7. The highest BCUT2D eigenvalue weighted by atomic mass is 35.5. The SMILES string of the molecule is CCCCCCCc1cc(F)c(C(=O)C[C@@H](CCN)C(=O)N(C)[C@@H]2C(=O)C[C@@H](C)C(=O)N[C@H](C(=O)CCC#N)Cc3ccc(OCCN)c(c3)-c3cc2ccc3OCCN)c(Cl)c1. The van der Waals surface area contributed by atoms with Gasteiger partial charge in [-0.05, 0) is 85.3 Å². The van der Waals surface area contributed by atoms with Gasteiger partial charge in [-0.1, -0.05) is 63.3 Å². The first kappa shape index (κ1) is 50.4. The van der Waals surface area contributed by atoms with E-state index in [9.17, 15) is 29.2 Å². The Morgan fingerprint density at radius 1 is 0.937 bits per heavy atom. The zero-order valence-electron chi connectivity index (χ0n) is 36.7. The molecule has 0 saturated heterocycles. The van der Waals surface area contributed by atoms with Gasteiger partial charge in [0.05, 0.1) is 22.7 Å². The number of benzene rings is 3. The molecule has 0 saturated carbocycles. The van der Waals surface area contributed by atoms with E-state index in [1.54, 1.807) is 49.4 Å². The van der Waals surface area contributed by atoms with Crippen molar-refractivity contribution in [3.63, 3.8) is 0 Å². The molecule has 3 aromatic carbocycles. The van der Waals surface area contributed by atoms with Crippen LogP contribution in [0.4, 0.5) is 4.39 Å². The van der Waals surface area contributed by atoms with Crippen LogP contribution in [0.1, 0.15) is 111 Å². The number of halogens is 2. The first-order valence-electron chi connectivity index (χ1n) is 21.9. The van der Waals surface area contributed by atoms with Crippen molar-refractivity contribution < 1.29 is 37.8 Å². The number of nitriles is 1. The number of ether oxygens (including phenoxy) is 2. The smallest absolute Gasteiger partial charge is 0.226 e. The summed E-state index contributed by atoms with van der Waals surface area (Å²) in [5, 5.41) is 12.0. The van der Waals surface area contributed by atoms with E-state index in [-0.39, 0.29) is 81.3 Å². The molecule has 63 heavy (non-hydrogen) atoms. The van der Waals surface area contributed by atoms with E-state index in [1.165, 1.54) is 18.0 Å². The summed E-state index contributed by atoms with van der Waals surface area (Å²) in [4.78, 5) is 71.5. The molecule has 0 radical (unpaired) electrons. The van der Waals surface area contributed by atoms with Crippen LogP contribution in [0, 0.1) is 29.0 Å². The van der Waals surface area contributed by atoms with Gasteiger partial charge in [-0.2, -0.15) is 5.26 Å². The van der Waals surface area contributed by atoms with Crippen molar-refractivity contribution >= 4 is 40.8 Å². The highest BCUT2D eigenvalue weighted by Crippen LogP contribution is 2.41. The Morgan fingerprint density at radius 2 is 1.60 bits per heavy atom. The Kier molecular flexibility index (Phi) is 20.2. The number of likely N-dealkylation sites (N-methyl/N-ethyl adjacent to an activating group) is 1. The first-order chi connectivity index (χ1) is 30.3. The maximum Gasteiger partial charge on any atom is 0.226 e. The average molecular weight is 890 g/mol. The molecule has 0 aromatic heterocycles. The average Bonchev–Trinajstić information content (AvgIpc) is 3.25. The number of rotatable bonds is 22. The fourth-order valence-electron chi connectivity index (χ4n) is 7.94. The number of hydrogen-bond acceptors (Lipinski definition) is 11. The number of unbranched alkanes of at least 4 members (excludes halogenated alkanes) is 4. The topological polar surface area (TPSA) is 221 Å². The molecule has 15 heteroatoms. The number of hydrogen-bond donors (Lipinski definition) is 4. The minimum atomic E-state index is -1.30. The van der Waals surface area contributed by atoms with E-state index in [4.69, 9.17) is 38.3 Å². The van der Waals surface area contributed by atoms with Crippen LogP contribution in [-0.4, -0.2) is 80.0 Å². The van der Waals surface area contributed by atoms with Crippen molar-refractivity contribution in [2.24, 2.45) is 29.0 Å². The molecule has 340 valence electrons. The van der Waals surface area contributed by atoms with E-state index in [1.807, 2.05) is 6.07 Å². The highest BCUT2D eigenvalue weighted by molar-refractivity contribution is 6.34. The molecule has 4 atom stereocenters. The molecule has 4 bridgehead atoms. The van der Waals surface area contributed by atoms with Crippen LogP contribution in [0.25, 0.3) is 11.1 Å². The second-order valence-corrected chi connectivity index (χ2v) is 16.6. The Hall–Kier alpha value is -5.20. The molecule has 7 N–H and O–H groups in total. The molecule has 3 aromatic rings. The Balaban J connectivity index is 1.80. The van der Waals surface area contributed by atoms with Gasteiger partial charge >= 0.3 is 0 Å². The summed E-state index contributed by atoms with van der Waals surface area (Å²) in [6.07, 6.45) is 4.99. The van der Waals surface area contributed by atoms with Crippen LogP contribution in [0.15, 0.2) is 48.5 Å². The van der Waals surface area contributed by atoms with E-state index < -0.39 is 59.5 Å². The third-order valence-corrected chi connectivity index (χ3v) is 11.6. The van der Waals surface area contributed by atoms with Crippen LogP contribution in [0.2, 0.25) is 5.02 Å². The van der Waals surface area contributed by atoms with Gasteiger partial charge in [0, 0.05) is 68.8 Å². The second-order valence-electron chi connectivity index (χ2n) is 16.2. The van der Waals surface area contributed by atoms with Gasteiger partial charge in [-0.15, -0.1) is 0 Å². The fraction of sp³-hybridized carbons (Fsp3) is 0.500. The third kappa shape index (κ3) is 13.9. The Labute approximate surface area is 375 Å². The number of carbonyl (C=O) groups is 5. The van der Waals surface area contributed by atoms with E-state index >= 15 is 4.39 Å². The number of aryl methyl sites for hydroxylation is 1. The number of fused-ring (bicyclic) bond motifs is 5. The van der Waals surface area contributed by atoms with E-state index in [2.05, 4.69) is 12.2 Å². The molecule has 1 aliphatic rings. The lowest BCUT2D eigenvalue weighted by atomic mass is 9.88. The number of nitrogens with zero attached hydrogens (tertiary/aromatic N) is 2. The fourth-order valence-corrected chi connectivity index (χ4v) is 8.27. The van der Waals surface area contributed by atoms with Gasteiger partial charge in [-0.3, -0.25) is 24.0 Å². The predicted octanol–water partition coefficient (Wildman–Crippen LogP) is 6.58. The second kappa shape index (κ2) is 25.2. The summed E-state index contributed by atoms with van der Waals surface area (Å²) < 4.78 is 27.8. The Bertz CT molecular complexity index is 2100. The number of amides is 2. The van der Waals surface area contributed by atoms with Crippen molar-refractivity contribution in [3.8, 4) is 28.7 Å². The molecule has 4 rings (SSSR count). The van der Waals surface area contributed by atoms with Crippen LogP contribution in [-0.2, 0) is 32.0 Å². The van der Waals surface area contributed by atoms with Gasteiger partial charge < -0.3 is 36.9 Å². The zero-order valence-corrected chi connectivity index (χ0v) is 37.4. The molecule has 1 aliphatic heterocycles. The normalized spacial score (nSPS) is 16.9. The molecular weight excluding hydrogens is 827 g/mol. The van der Waals surface area contributed by atoms with Crippen LogP contribution >= 0.6 is 11.6 Å². The zero-order chi connectivity index (χ0) is 46.1. The summed E-state index contributed by atoms with van der Waals surface area (Å²) in [7, 11) is 1.44. The first-order valence-corrected chi connectivity index (χ1v) is 22.3. The van der Waals surface area contributed by atoms with Crippen molar-refractivity contribution in [1.29, 1.82) is 5.26 Å². The predicted molar refractivity (Wildman–Crippen MR) is 241 cm³/mol. The van der Waals surface area contributed by atoms with Gasteiger partial charge in [0.25, 0.3) is 0 Å². The Morgan fingerprint density at radius 3 is 2.24 bits per heavy atom. The lowest BCUT2D eigenvalue weighted by Gasteiger charge is -2.32. The maximum absolute atomic E-state index is 15.6. The van der Waals surface area contributed by atoms with Gasteiger partial charge in [0.15, 0.2) is 17.3 Å². The lowest BCUT2D eigenvalue weighted by Crippen LogP contribution is -2.46. The van der Waals surface area contributed by atoms with Crippen molar-refractivity contribution in [1.82, 2.24) is 10.2 Å².